The molecule has 0 radical (unpaired) electrons. The number of nitro groups is 1. The molecule has 1 heterocycles. The van der Waals surface area contributed by atoms with Gasteiger partial charge in [0.05, 0.1) is 17.0 Å². The van der Waals surface area contributed by atoms with E-state index in [1.807, 2.05) is 0 Å². The van der Waals surface area contributed by atoms with Crippen molar-refractivity contribution in [2.24, 2.45) is 0 Å². The van der Waals surface area contributed by atoms with Crippen molar-refractivity contribution in [3.63, 3.8) is 0 Å². The van der Waals surface area contributed by atoms with E-state index >= 15 is 0 Å². The number of aromatic amines is 1. The number of nitrogens with two attached hydrogens (primary N) is 1. The zero-order valence-corrected chi connectivity index (χ0v) is 18.1. The van der Waals surface area contributed by atoms with Gasteiger partial charge in [-0.3, -0.25) is 29.3 Å². The molecule has 1 amide bonds. The van der Waals surface area contributed by atoms with E-state index in [9.17, 15) is 29.3 Å². The normalized spacial score (nSPS) is 10.5. The monoisotopic (exact) mass is 467 g/mol. The number of non-ortho nitro benzene ring substituents is 1. The van der Waals surface area contributed by atoms with E-state index in [0.717, 1.165) is 21.1 Å². The van der Waals surface area contributed by atoms with Crippen LogP contribution < -0.4 is 21.9 Å². The van der Waals surface area contributed by atoms with Crippen molar-refractivity contribution in [1.82, 2.24) is 9.55 Å². The molecule has 3 N–H and O–H groups in total. The molecule has 0 saturated heterocycles. The predicted octanol–water partition coefficient (Wildman–Crippen LogP) is 1.29. The number of hydrogen-bond donors (Lipinski definition) is 2. The molecule has 0 atom stereocenters. The average molecular weight is 467 g/mol. The van der Waals surface area contributed by atoms with Gasteiger partial charge in [-0.15, -0.1) is 0 Å². The molecule has 0 fully saturated rings. The first-order chi connectivity index (χ1) is 16.2. The molecule has 12 heteroatoms. The Bertz CT molecular complexity index is 1350. The molecule has 0 aliphatic rings. The first kappa shape index (κ1) is 23.9. The number of esters is 1. The second kappa shape index (κ2) is 10.3. The number of likely N-dealkylation sites (N-methyl/N-ethyl adjacent to an activating group) is 1. The third-order valence-electron chi connectivity index (χ3n) is 4.90. The number of amides is 1. The highest BCUT2D eigenvalue weighted by atomic mass is 16.6. The first-order valence-electron chi connectivity index (χ1n) is 10.1. The molecule has 3 aromatic rings. The fraction of sp³-hybridized carbons (Fsp3) is 0.182. The molecular formula is C22H21N5O7. The van der Waals surface area contributed by atoms with Gasteiger partial charge < -0.3 is 15.4 Å². The molecule has 12 nitrogen and oxygen atoms in total. The molecule has 3 rings (SSSR count). The number of anilines is 2. The highest BCUT2D eigenvalue weighted by Crippen LogP contribution is 2.18. The van der Waals surface area contributed by atoms with Gasteiger partial charge in [-0.25, -0.2) is 9.59 Å². The lowest BCUT2D eigenvalue weighted by Crippen LogP contribution is -2.42. The van der Waals surface area contributed by atoms with Crippen LogP contribution in [0, 0.1) is 10.1 Å². The van der Waals surface area contributed by atoms with Crippen LogP contribution in [0.5, 0.6) is 0 Å². The number of nitrogens with zero attached hydrogens (tertiary/aromatic N) is 3. The van der Waals surface area contributed by atoms with Gasteiger partial charge in [-0.2, -0.15) is 0 Å². The standard InChI is InChI=1S/C22H21N5O7/c1-2-25(17(28)13-34-21(30)15-9-6-10-16(11-15)27(32)33)18-19(23)26(22(31)24-20(18)29)12-14-7-4-3-5-8-14/h3-11H,2,12-13,23H2,1H3,(H,24,29,31). The van der Waals surface area contributed by atoms with E-state index in [2.05, 4.69) is 4.98 Å². The van der Waals surface area contributed by atoms with Gasteiger partial charge in [-0.1, -0.05) is 36.4 Å². The summed E-state index contributed by atoms with van der Waals surface area (Å²) >= 11 is 0. The number of nitrogen functional groups attached to an aromatic ring is 1. The highest BCUT2D eigenvalue weighted by molar-refractivity contribution is 5.98. The Labute approximate surface area is 192 Å². The molecule has 2 aromatic carbocycles. The zero-order valence-electron chi connectivity index (χ0n) is 18.1. The maximum atomic E-state index is 12.8. The van der Waals surface area contributed by atoms with Gasteiger partial charge in [0.2, 0.25) is 0 Å². The Morgan fingerprint density at radius 1 is 1.15 bits per heavy atom. The van der Waals surface area contributed by atoms with E-state index in [1.165, 1.54) is 18.2 Å². The number of nitro benzene ring substituents is 1. The van der Waals surface area contributed by atoms with Crippen molar-refractivity contribution >= 4 is 29.1 Å². The molecule has 0 saturated carbocycles. The summed E-state index contributed by atoms with van der Waals surface area (Å²) in [5.74, 6) is -1.95. The van der Waals surface area contributed by atoms with Gasteiger partial charge in [0.1, 0.15) is 5.82 Å². The number of aromatic nitrogens is 2. The molecule has 0 bridgehead atoms. The van der Waals surface area contributed by atoms with Crippen molar-refractivity contribution in [3.05, 3.63) is 96.7 Å². The van der Waals surface area contributed by atoms with Crippen molar-refractivity contribution in [2.45, 2.75) is 13.5 Å². The van der Waals surface area contributed by atoms with E-state index in [0.29, 0.717) is 0 Å². The van der Waals surface area contributed by atoms with Crippen LogP contribution in [0.4, 0.5) is 17.2 Å². The van der Waals surface area contributed by atoms with Crippen LogP contribution in [0.1, 0.15) is 22.8 Å². The van der Waals surface area contributed by atoms with Crippen LogP contribution in [-0.4, -0.2) is 39.5 Å². The molecule has 176 valence electrons. The number of rotatable bonds is 8. The second-order valence-electron chi connectivity index (χ2n) is 7.09. The fourth-order valence-corrected chi connectivity index (χ4v) is 3.26. The van der Waals surface area contributed by atoms with E-state index in [-0.39, 0.29) is 35.8 Å². The highest BCUT2D eigenvalue weighted by Gasteiger charge is 2.24. The Morgan fingerprint density at radius 3 is 2.50 bits per heavy atom. The summed E-state index contributed by atoms with van der Waals surface area (Å²) in [7, 11) is 0. The maximum absolute atomic E-state index is 12.8. The Hall–Kier alpha value is -4.74. The van der Waals surface area contributed by atoms with E-state index < -0.39 is 34.7 Å². The second-order valence-corrected chi connectivity index (χ2v) is 7.09. The van der Waals surface area contributed by atoms with Gasteiger partial charge in [0.15, 0.2) is 12.3 Å². The summed E-state index contributed by atoms with van der Waals surface area (Å²) in [4.78, 5) is 63.3. The average Bonchev–Trinajstić information content (AvgIpc) is 2.83. The Kier molecular flexibility index (Phi) is 7.21. The fourth-order valence-electron chi connectivity index (χ4n) is 3.26. The summed E-state index contributed by atoms with van der Waals surface area (Å²) in [6, 6.07) is 13.7. The van der Waals surface area contributed by atoms with Crippen LogP contribution in [0.3, 0.4) is 0 Å². The number of H-pyrrole nitrogens is 1. The summed E-state index contributed by atoms with van der Waals surface area (Å²) in [5, 5.41) is 10.9. The molecular weight excluding hydrogens is 446 g/mol. The predicted molar refractivity (Wildman–Crippen MR) is 123 cm³/mol. The molecule has 0 spiro atoms. The zero-order chi connectivity index (χ0) is 24.8. The lowest BCUT2D eigenvalue weighted by atomic mass is 10.2. The Balaban J connectivity index is 1.83. The van der Waals surface area contributed by atoms with Crippen molar-refractivity contribution in [1.29, 1.82) is 0 Å². The van der Waals surface area contributed by atoms with Gasteiger partial charge >= 0.3 is 11.7 Å². The van der Waals surface area contributed by atoms with Crippen LogP contribution in [-0.2, 0) is 16.1 Å². The Morgan fingerprint density at radius 2 is 1.85 bits per heavy atom. The van der Waals surface area contributed by atoms with E-state index in [1.54, 1.807) is 37.3 Å². The molecule has 1 aromatic heterocycles. The van der Waals surface area contributed by atoms with Crippen molar-refractivity contribution < 1.29 is 19.2 Å². The third-order valence-corrected chi connectivity index (χ3v) is 4.90. The third kappa shape index (κ3) is 5.18. The van der Waals surface area contributed by atoms with Crippen LogP contribution in [0.25, 0.3) is 0 Å². The van der Waals surface area contributed by atoms with Crippen LogP contribution in [0.15, 0.2) is 64.2 Å². The van der Waals surface area contributed by atoms with Crippen molar-refractivity contribution in [3.8, 4) is 0 Å². The SMILES string of the molecule is CCN(C(=O)COC(=O)c1cccc([N+](=O)[O-])c1)c1c(N)n(Cc2ccccc2)c(=O)[nH]c1=O. The minimum atomic E-state index is -0.955. The van der Waals surface area contributed by atoms with Crippen LogP contribution >= 0.6 is 0 Å². The largest absolute Gasteiger partial charge is 0.452 e. The van der Waals surface area contributed by atoms with Gasteiger partial charge in [-0.05, 0) is 18.6 Å². The minimum Gasteiger partial charge on any atom is -0.452 e. The summed E-state index contributed by atoms with van der Waals surface area (Å²) in [5.41, 5.74) is 4.58. The van der Waals surface area contributed by atoms with Crippen LogP contribution in [0.2, 0.25) is 0 Å². The quantitative estimate of drug-likeness (QED) is 0.283. The number of nitrogens with one attached hydrogen (secondary N) is 1. The minimum absolute atomic E-state index is 0.00991. The summed E-state index contributed by atoms with van der Waals surface area (Å²) in [6.07, 6.45) is 0. The molecule has 0 unspecified atom stereocenters. The van der Waals surface area contributed by atoms with Gasteiger partial charge in [0.25, 0.3) is 17.2 Å². The lowest BCUT2D eigenvalue weighted by molar-refractivity contribution is -0.384. The topological polar surface area (TPSA) is 171 Å². The summed E-state index contributed by atoms with van der Waals surface area (Å²) in [6.45, 7) is 0.866. The number of ether oxygens (including phenoxy) is 1. The van der Waals surface area contributed by atoms with Crippen molar-refractivity contribution in [2.75, 3.05) is 23.8 Å². The number of carbonyl (C=O) groups is 2. The molecule has 0 aliphatic carbocycles. The molecule has 34 heavy (non-hydrogen) atoms. The first-order valence-corrected chi connectivity index (χ1v) is 10.1. The number of hydrogen-bond acceptors (Lipinski definition) is 8. The number of benzene rings is 2. The maximum Gasteiger partial charge on any atom is 0.338 e. The van der Waals surface area contributed by atoms with Gasteiger partial charge in [0, 0.05) is 18.7 Å². The molecule has 0 aliphatic heterocycles. The summed E-state index contributed by atoms with van der Waals surface area (Å²) < 4.78 is 6.11. The smallest absolute Gasteiger partial charge is 0.338 e. The number of carbonyl (C=O) groups excluding carboxylic acids is 2. The van der Waals surface area contributed by atoms with E-state index in [4.69, 9.17) is 10.5 Å². The lowest BCUT2D eigenvalue weighted by Gasteiger charge is -2.23.